The van der Waals surface area contributed by atoms with Gasteiger partial charge >= 0.3 is 6.09 Å². The number of imidazole rings is 1. The summed E-state index contributed by atoms with van der Waals surface area (Å²) in [6.07, 6.45) is 2.96. The molecule has 3 aromatic rings. The van der Waals surface area contributed by atoms with Gasteiger partial charge in [0, 0.05) is 39.0 Å². The van der Waals surface area contributed by atoms with Crippen LogP contribution in [0.5, 0.6) is 0 Å². The minimum absolute atomic E-state index is 0.120. The average molecular weight is 590 g/mol. The van der Waals surface area contributed by atoms with Gasteiger partial charge in [-0.2, -0.15) is 0 Å². The number of methoxy groups -OCH3 is 1. The Labute approximate surface area is 239 Å². The lowest BCUT2D eigenvalue weighted by Crippen LogP contribution is -2.37. The van der Waals surface area contributed by atoms with Crippen molar-refractivity contribution in [1.82, 2.24) is 25.3 Å². The van der Waals surface area contributed by atoms with Gasteiger partial charge in [0.25, 0.3) is 0 Å². The molecule has 1 fully saturated rings. The van der Waals surface area contributed by atoms with Gasteiger partial charge < -0.3 is 30.8 Å². The van der Waals surface area contributed by atoms with E-state index < -0.39 is 20.0 Å². The number of rotatable bonds is 12. The Hall–Kier alpha value is -3.22. The van der Waals surface area contributed by atoms with Crippen LogP contribution in [0.1, 0.15) is 31.7 Å². The molecule has 0 bridgehead atoms. The van der Waals surface area contributed by atoms with E-state index in [1.807, 2.05) is 6.92 Å². The maximum Gasteiger partial charge on any atom is 0.407 e. The zero-order chi connectivity index (χ0) is 29.0. The Morgan fingerprint density at radius 2 is 2.05 bits per heavy atom. The fourth-order valence-corrected chi connectivity index (χ4v) is 5.09. The molecule has 1 amide bonds. The van der Waals surface area contributed by atoms with Crippen molar-refractivity contribution in [2.75, 3.05) is 31.3 Å². The van der Waals surface area contributed by atoms with Crippen LogP contribution in [0.3, 0.4) is 0 Å². The fraction of sp³-hybridized carbons (Fsp3) is 0.481. The molecular formula is C27H37ClFN7O3Si. The Morgan fingerprint density at radius 1 is 1.30 bits per heavy atom. The molecule has 5 N–H and O–H groups in total. The van der Waals surface area contributed by atoms with Crippen LogP contribution in [0.2, 0.25) is 30.7 Å². The van der Waals surface area contributed by atoms with Gasteiger partial charge in [-0.1, -0.05) is 31.2 Å². The largest absolute Gasteiger partial charge is 0.453 e. The number of anilines is 2. The van der Waals surface area contributed by atoms with E-state index in [-0.39, 0.29) is 22.9 Å². The quantitative estimate of drug-likeness (QED) is 0.152. The van der Waals surface area contributed by atoms with Gasteiger partial charge in [-0.3, -0.25) is 0 Å². The third-order valence-electron chi connectivity index (χ3n) is 6.54. The van der Waals surface area contributed by atoms with Crippen molar-refractivity contribution in [3.8, 4) is 22.6 Å². The fourth-order valence-electron chi connectivity index (χ4n) is 4.16. The molecule has 10 nitrogen and oxygen atoms in total. The molecule has 0 aliphatic heterocycles. The predicted molar refractivity (Wildman–Crippen MR) is 157 cm³/mol. The summed E-state index contributed by atoms with van der Waals surface area (Å²) in [6.45, 7) is 9.78. The summed E-state index contributed by atoms with van der Waals surface area (Å²) in [5.41, 5.74) is 7.99. The summed E-state index contributed by atoms with van der Waals surface area (Å²) in [5.74, 6) is 0.821. The number of nitrogen functional groups attached to an aromatic ring is 1. The number of hydrogen-bond acceptors (Lipinski definition) is 8. The number of aromatic nitrogens is 4. The first-order valence-corrected chi connectivity index (χ1v) is 17.4. The molecule has 0 saturated heterocycles. The number of nitrogens with zero attached hydrogens (tertiary/aromatic N) is 3. The Morgan fingerprint density at radius 3 is 2.73 bits per heavy atom. The number of nitrogens with one attached hydrogen (secondary N) is 3. The van der Waals surface area contributed by atoms with Crippen LogP contribution in [-0.2, 0) is 9.47 Å². The number of ether oxygens (including phenoxy) is 2. The van der Waals surface area contributed by atoms with Gasteiger partial charge in [-0.15, -0.1) is 0 Å². The van der Waals surface area contributed by atoms with Gasteiger partial charge in [-0.25, -0.2) is 24.1 Å². The maximum absolute atomic E-state index is 14.5. The van der Waals surface area contributed by atoms with E-state index in [0.29, 0.717) is 53.5 Å². The molecule has 1 aromatic carbocycles. The van der Waals surface area contributed by atoms with Crippen LogP contribution in [0.4, 0.5) is 20.8 Å². The molecule has 216 valence electrons. The number of amides is 1. The van der Waals surface area contributed by atoms with Gasteiger partial charge in [-0.05, 0) is 49.9 Å². The lowest BCUT2D eigenvalue weighted by Gasteiger charge is -2.19. The number of alkyl carbamates (subject to hydrolysis) is 1. The molecule has 1 aliphatic rings. The first-order valence-electron chi connectivity index (χ1n) is 13.3. The van der Waals surface area contributed by atoms with Crippen LogP contribution >= 0.6 is 11.6 Å². The van der Waals surface area contributed by atoms with Crippen molar-refractivity contribution < 1.29 is 18.7 Å². The summed E-state index contributed by atoms with van der Waals surface area (Å²) in [7, 11) is 0.0205. The SMILES string of the molecule is COC(=O)NC(C)CNc1nccc(-c2[nH]c(C(OCC[Si](C)(C)C)C3CC3)nc2-c2cc(F)cc(N)c2Cl)n1. The molecule has 4 rings (SSSR count). The number of aromatic amines is 1. The predicted octanol–water partition coefficient (Wildman–Crippen LogP) is 5.87. The van der Waals surface area contributed by atoms with Crippen molar-refractivity contribution in [3.63, 3.8) is 0 Å². The average Bonchev–Trinajstić information content (AvgIpc) is 3.64. The van der Waals surface area contributed by atoms with Crippen LogP contribution in [0, 0.1) is 11.7 Å². The molecule has 0 radical (unpaired) electrons. The van der Waals surface area contributed by atoms with Crippen LogP contribution in [0.25, 0.3) is 22.6 Å². The second kappa shape index (κ2) is 12.5. The van der Waals surface area contributed by atoms with Crippen molar-refractivity contribution in [2.45, 2.75) is 57.6 Å². The summed E-state index contributed by atoms with van der Waals surface area (Å²) in [5, 5.41) is 6.01. The zero-order valence-corrected chi connectivity index (χ0v) is 25.2. The first kappa shape index (κ1) is 29.8. The molecule has 2 atom stereocenters. The highest BCUT2D eigenvalue weighted by Crippen LogP contribution is 2.45. The van der Waals surface area contributed by atoms with E-state index in [4.69, 9.17) is 27.1 Å². The van der Waals surface area contributed by atoms with E-state index in [9.17, 15) is 9.18 Å². The molecule has 40 heavy (non-hydrogen) atoms. The number of nitrogens with two attached hydrogens (primary N) is 1. The molecule has 0 spiro atoms. The maximum atomic E-state index is 14.5. The van der Waals surface area contributed by atoms with E-state index >= 15 is 0 Å². The molecule has 2 aromatic heterocycles. The minimum atomic E-state index is -1.29. The summed E-state index contributed by atoms with van der Waals surface area (Å²) < 4.78 is 25.5. The van der Waals surface area contributed by atoms with Crippen molar-refractivity contribution in [3.05, 3.63) is 41.1 Å². The highest BCUT2D eigenvalue weighted by atomic mass is 35.5. The van der Waals surface area contributed by atoms with Crippen LogP contribution in [-0.4, -0.2) is 60.4 Å². The van der Waals surface area contributed by atoms with Crippen molar-refractivity contribution >= 4 is 37.4 Å². The molecule has 2 unspecified atom stereocenters. The topological polar surface area (TPSA) is 140 Å². The third-order valence-corrected chi connectivity index (χ3v) is 8.67. The molecule has 13 heteroatoms. The number of hydrogen-bond donors (Lipinski definition) is 4. The summed E-state index contributed by atoms with van der Waals surface area (Å²) in [6, 6.07) is 5.03. The second-order valence-corrected chi connectivity index (χ2v) is 17.3. The number of benzene rings is 1. The van der Waals surface area contributed by atoms with E-state index in [0.717, 1.165) is 18.9 Å². The smallest absolute Gasteiger partial charge is 0.407 e. The highest BCUT2D eigenvalue weighted by Gasteiger charge is 2.36. The summed E-state index contributed by atoms with van der Waals surface area (Å²) in [4.78, 5) is 28.8. The number of halogens is 2. The Bertz CT molecular complexity index is 1350. The third kappa shape index (κ3) is 7.70. The molecular weight excluding hydrogens is 553 g/mol. The zero-order valence-electron chi connectivity index (χ0n) is 23.5. The minimum Gasteiger partial charge on any atom is -0.453 e. The van der Waals surface area contributed by atoms with E-state index in [2.05, 4.69) is 50.0 Å². The Kier molecular flexibility index (Phi) is 9.32. The number of carbonyl (C=O) groups is 1. The van der Waals surface area contributed by atoms with Crippen LogP contribution in [0.15, 0.2) is 24.4 Å². The van der Waals surface area contributed by atoms with Crippen LogP contribution < -0.4 is 16.4 Å². The van der Waals surface area contributed by atoms with Crippen molar-refractivity contribution in [2.24, 2.45) is 5.92 Å². The number of carbonyl (C=O) groups excluding carboxylic acids is 1. The first-order chi connectivity index (χ1) is 18.9. The van der Waals surface area contributed by atoms with Crippen molar-refractivity contribution in [1.29, 1.82) is 0 Å². The van der Waals surface area contributed by atoms with Gasteiger partial charge in [0.05, 0.1) is 34.9 Å². The molecule has 1 saturated carbocycles. The van der Waals surface area contributed by atoms with Gasteiger partial charge in [0.15, 0.2) is 0 Å². The lowest BCUT2D eigenvalue weighted by atomic mass is 10.1. The highest BCUT2D eigenvalue weighted by molar-refractivity contribution is 6.76. The molecule has 2 heterocycles. The normalized spacial score (nSPS) is 15.0. The van der Waals surface area contributed by atoms with Gasteiger partial charge in [0.2, 0.25) is 5.95 Å². The second-order valence-electron chi connectivity index (χ2n) is 11.3. The Balaban J connectivity index is 1.69. The standard InChI is InChI=1S/C27H37ClFN7O3Si/c1-15(33-27(37)38-2)14-32-26-31-9-8-20(34-26)23-22(18-12-17(29)13-19(30)21(18)28)35-25(36-23)24(16-6-7-16)39-10-11-40(3,4)5/h8-9,12-13,15-16,24H,6-7,10-11,14,30H2,1-5H3,(H,33,37)(H,35,36)(H,31,32,34). The van der Waals surface area contributed by atoms with E-state index in [1.165, 1.54) is 19.2 Å². The lowest BCUT2D eigenvalue weighted by molar-refractivity contribution is 0.0402. The molecule has 1 aliphatic carbocycles. The number of H-pyrrole nitrogens is 1. The monoisotopic (exact) mass is 589 g/mol. The summed E-state index contributed by atoms with van der Waals surface area (Å²) >= 11 is 6.56. The van der Waals surface area contributed by atoms with Gasteiger partial charge in [0.1, 0.15) is 17.7 Å². The van der Waals surface area contributed by atoms with E-state index in [1.54, 1.807) is 12.3 Å².